The van der Waals surface area contributed by atoms with E-state index in [0.717, 1.165) is 32.4 Å². The van der Waals surface area contributed by atoms with Gasteiger partial charge in [-0.25, -0.2) is 0 Å². The SMILES string of the molecule is C=CCc1cc[n+]2c(c1)-c1ccccc1CC1(Cc3ccccc3-c3c4ccccc4cc[n+]3C1)C2. The summed E-state index contributed by atoms with van der Waals surface area (Å²) in [7, 11) is 0. The lowest BCUT2D eigenvalue weighted by molar-refractivity contribution is -0.737. The number of hydrogen-bond acceptors (Lipinski definition) is 0. The molecule has 0 fully saturated rings. The maximum atomic E-state index is 3.96. The van der Waals surface area contributed by atoms with Crippen LogP contribution in [0.3, 0.4) is 0 Å². The van der Waals surface area contributed by atoms with E-state index in [1.807, 2.05) is 6.08 Å². The lowest BCUT2D eigenvalue weighted by Gasteiger charge is -2.26. The molecule has 0 saturated carbocycles. The Morgan fingerprint density at radius 2 is 1.39 bits per heavy atom. The average molecular weight is 467 g/mol. The van der Waals surface area contributed by atoms with E-state index in [1.54, 1.807) is 0 Å². The maximum Gasteiger partial charge on any atom is 0.220 e. The predicted molar refractivity (Wildman–Crippen MR) is 145 cm³/mol. The number of benzene rings is 3. The van der Waals surface area contributed by atoms with Crippen LogP contribution in [-0.2, 0) is 32.4 Å². The van der Waals surface area contributed by atoms with Gasteiger partial charge in [0.2, 0.25) is 11.4 Å². The molecule has 1 unspecified atom stereocenters. The first kappa shape index (κ1) is 21.3. The van der Waals surface area contributed by atoms with Crippen molar-refractivity contribution in [1.29, 1.82) is 0 Å². The number of hydrogen-bond donors (Lipinski definition) is 0. The van der Waals surface area contributed by atoms with Crippen molar-refractivity contribution in [2.75, 3.05) is 0 Å². The van der Waals surface area contributed by atoms with Gasteiger partial charge in [0.05, 0.1) is 16.4 Å². The highest BCUT2D eigenvalue weighted by molar-refractivity contribution is 5.93. The monoisotopic (exact) mass is 466 g/mol. The summed E-state index contributed by atoms with van der Waals surface area (Å²) in [6.45, 7) is 5.93. The van der Waals surface area contributed by atoms with Gasteiger partial charge in [0, 0.05) is 23.8 Å². The largest absolute Gasteiger partial charge is 0.220 e. The highest BCUT2D eigenvalue weighted by Gasteiger charge is 2.46. The molecule has 0 radical (unpaired) electrons. The first-order chi connectivity index (χ1) is 17.7. The molecule has 174 valence electrons. The first-order valence-electron chi connectivity index (χ1n) is 12.9. The molecule has 1 atom stereocenters. The molecule has 0 saturated heterocycles. The topological polar surface area (TPSA) is 7.76 Å². The molecule has 36 heavy (non-hydrogen) atoms. The number of nitrogens with zero attached hydrogens (tertiary/aromatic N) is 2. The molecular formula is C34H30N2+2. The van der Waals surface area contributed by atoms with Crippen LogP contribution in [0.5, 0.6) is 0 Å². The minimum absolute atomic E-state index is 0.0560. The van der Waals surface area contributed by atoms with Gasteiger partial charge in [0.1, 0.15) is 0 Å². The van der Waals surface area contributed by atoms with E-state index >= 15 is 0 Å². The lowest BCUT2D eigenvalue weighted by atomic mass is 9.76. The maximum absolute atomic E-state index is 3.96. The summed E-state index contributed by atoms with van der Waals surface area (Å²) in [6, 6.07) is 33.8. The van der Waals surface area contributed by atoms with Crippen LogP contribution in [0.1, 0.15) is 16.7 Å². The van der Waals surface area contributed by atoms with Crippen molar-refractivity contribution >= 4 is 10.8 Å². The molecule has 2 aromatic heterocycles. The van der Waals surface area contributed by atoms with E-state index in [0.29, 0.717) is 0 Å². The van der Waals surface area contributed by atoms with Crippen molar-refractivity contribution in [3.8, 4) is 22.5 Å². The van der Waals surface area contributed by atoms with Crippen LogP contribution in [0.15, 0.2) is 116 Å². The van der Waals surface area contributed by atoms with Crippen molar-refractivity contribution in [1.82, 2.24) is 0 Å². The first-order valence-corrected chi connectivity index (χ1v) is 12.9. The summed E-state index contributed by atoms with van der Waals surface area (Å²) in [5, 5.41) is 2.64. The quantitative estimate of drug-likeness (QED) is 0.214. The Hall–Kier alpha value is -4.04. The predicted octanol–water partition coefficient (Wildman–Crippen LogP) is 6.28. The van der Waals surface area contributed by atoms with Gasteiger partial charge in [-0.05, 0) is 59.5 Å². The second-order valence-electron chi connectivity index (χ2n) is 10.6. The van der Waals surface area contributed by atoms with E-state index in [-0.39, 0.29) is 5.41 Å². The normalized spacial score (nSPS) is 17.9. The molecular weight excluding hydrogens is 436 g/mol. The summed E-state index contributed by atoms with van der Waals surface area (Å²) in [5.74, 6) is 0. The Labute approximate surface area is 212 Å². The molecule has 4 heterocycles. The van der Waals surface area contributed by atoms with E-state index in [4.69, 9.17) is 0 Å². The van der Waals surface area contributed by atoms with Crippen LogP contribution in [0.4, 0.5) is 0 Å². The van der Waals surface area contributed by atoms with E-state index in [9.17, 15) is 0 Å². The Morgan fingerprint density at radius 3 is 2.22 bits per heavy atom. The number of rotatable bonds is 2. The van der Waals surface area contributed by atoms with E-state index in [1.165, 1.54) is 50.0 Å². The third kappa shape index (κ3) is 3.40. The van der Waals surface area contributed by atoms with E-state index in [2.05, 4.69) is 119 Å². The molecule has 0 bridgehead atoms. The zero-order valence-corrected chi connectivity index (χ0v) is 20.5. The van der Waals surface area contributed by atoms with Crippen LogP contribution in [-0.4, -0.2) is 0 Å². The summed E-state index contributed by atoms with van der Waals surface area (Å²) in [4.78, 5) is 0. The molecule has 0 amide bonds. The van der Waals surface area contributed by atoms with Crippen LogP contribution in [0.2, 0.25) is 0 Å². The van der Waals surface area contributed by atoms with Crippen molar-refractivity contribution in [3.63, 3.8) is 0 Å². The number of fused-ring (bicyclic) bond motifs is 8. The molecule has 7 rings (SSSR count). The molecule has 2 aliphatic rings. The van der Waals surface area contributed by atoms with Crippen molar-refractivity contribution in [2.45, 2.75) is 32.4 Å². The van der Waals surface area contributed by atoms with E-state index < -0.39 is 0 Å². The molecule has 2 aliphatic heterocycles. The van der Waals surface area contributed by atoms with Gasteiger partial charge in [-0.15, -0.1) is 6.58 Å². The van der Waals surface area contributed by atoms with Crippen LogP contribution in [0, 0.1) is 5.41 Å². The van der Waals surface area contributed by atoms with Gasteiger partial charge in [-0.2, -0.15) is 9.13 Å². The van der Waals surface area contributed by atoms with Gasteiger partial charge in [0.25, 0.3) is 0 Å². The number of allylic oxidation sites excluding steroid dienone is 1. The van der Waals surface area contributed by atoms with Gasteiger partial charge in [0.15, 0.2) is 25.5 Å². The lowest BCUT2D eigenvalue weighted by Crippen LogP contribution is -2.52. The third-order valence-corrected chi connectivity index (χ3v) is 8.13. The summed E-state index contributed by atoms with van der Waals surface area (Å²) in [6.07, 6.45) is 9.61. The Bertz CT molecular complexity index is 1650. The summed E-state index contributed by atoms with van der Waals surface area (Å²) in [5.41, 5.74) is 9.68. The molecule has 1 spiro atoms. The summed E-state index contributed by atoms with van der Waals surface area (Å²) < 4.78 is 5.04. The number of aromatic nitrogens is 2. The van der Waals surface area contributed by atoms with Gasteiger partial charge in [-0.3, -0.25) is 0 Å². The third-order valence-electron chi connectivity index (χ3n) is 8.13. The second kappa shape index (κ2) is 8.27. The molecule has 0 aliphatic carbocycles. The minimum Gasteiger partial charge on any atom is -0.197 e. The van der Waals surface area contributed by atoms with Crippen LogP contribution >= 0.6 is 0 Å². The Morgan fingerprint density at radius 1 is 0.722 bits per heavy atom. The zero-order valence-electron chi connectivity index (χ0n) is 20.5. The number of pyridine rings is 2. The van der Waals surface area contributed by atoms with Crippen molar-refractivity contribution < 1.29 is 9.13 Å². The molecule has 5 aromatic rings. The molecule has 3 aromatic carbocycles. The van der Waals surface area contributed by atoms with Crippen molar-refractivity contribution in [2.24, 2.45) is 5.41 Å². The highest BCUT2D eigenvalue weighted by Crippen LogP contribution is 2.41. The standard InChI is InChI=1S/C34H30N2/c1-2-9-25-16-18-35-23-34(21-27-11-4-6-13-29(27)32(35)20-25)22-28-12-5-8-15-31(28)33-30-14-7-3-10-26(30)17-19-36(33)24-34/h2-8,10-20H,1,9,21-24H2/q+2. The summed E-state index contributed by atoms with van der Waals surface area (Å²) >= 11 is 0. The molecule has 2 heteroatoms. The van der Waals surface area contributed by atoms with Crippen LogP contribution < -0.4 is 9.13 Å². The highest BCUT2D eigenvalue weighted by atomic mass is 15.0. The average Bonchev–Trinajstić information content (AvgIpc) is 3.13. The Kier molecular flexibility index (Phi) is 4.89. The van der Waals surface area contributed by atoms with Crippen LogP contribution in [0.25, 0.3) is 33.3 Å². The van der Waals surface area contributed by atoms with Crippen molar-refractivity contribution in [3.05, 3.63) is 133 Å². The molecule has 0 N–H and O–H groups in total. The Balaban J connectivity index is 1.47. The smallest absolute Gasteiger partial charge is 0.197 e. The van der Waals surface area contributed by atoms with Gasteiger partial charge in [-0.1, -0.05) is 60.7 Å². The molecule has 2 nitrogen and oxygen atoms in total. The zero-order chi connectivity index (χ0) is 24.1. The fourth-order valence-electron chi connectivity index (χ4n) is 6.62. The second-order valence-corrected chi connectivity index (χ2v) is 10.6. The fourth-order valence-corrected chi connectivity index (χ4v) is 6.62. The van der Waals surface area contributed by atoms with Gasteiger partial charge < -0.3 is 0 Å². The fraction of sp³-hybridized carbons (Fsp3) is 0.176. The van der Waals surface area contributed by atoms with Gasteiger partial charge >= 0.3 is 0 Å². The minimum atomic E-state index is 0.0560.